The molecule has 0 bridgehead atoms. The lowest BCUT2D eigenvalue weighted by Crippen LogP contribution is -2.43. The van der Waals surface area contributed by atoms with Gasteiger partial charge in [0.2, 0.25) is 0 Å². The number of halogens is 2. The van der Waals surface area contributed by atoms with E-state index < -0.39 is 0 Å². The van der Waals surface area contributed by atoms with E-state index in [9.17, 15) is 0 Å². The highest BCUT2D eigenvalue weighted by Crippen LogP contribution is 2.29. The third kappa shape index (κ3) is 6.64. The predicted octanol–water partition coefficient (Wildman–Crippen LogP) is 4.90. The summed E-state index contributed by atoms with van der Waals surface area (Å²) in [5.74, 6) is 0.730. The Labute approximate surface area is 130 Å². The van der Waals surface area contributed by atoms with E-state index in [-0.39, 0.29) is 11.0 Å². The summed E-state index contributed by atoms with van der Waals surface area (Å²) in [5.41, 5.74) is 0.163. The molecule has 0 aliphatic rings. The molecule has 0 aliphatic heterocycles. The predicted molar refractivity (Wildman–Crippen MR) is 86.2 cm³/mol. The topological polar surface area (TPSA) is 21.3 Å². The molecule has 19 heavy (non-hydrogen) atoms. The molecule has 1 aromatic rings. The normalized spacial score (nSPS) is 12.6. The highest BCUT2D eigenvalue weighted by molar-refractivity contribution is 9.10. The molecule has 108 valence electrons. The van der Waals surface area contributed by atoms with Gasteiger partial charge in [-0.15, -0.1) is 0 Å². The van der Waals surface area contributed by atoms with Gasteiger partial charge in [-0.1, -0.05) is 41.4 Å². The van der Waals surface area contributed by atoms with Crippen molar-refractivity contribution in [1.29, 1.82) is 0 Å². The highest BCUT2D eigenvalue weighted by Gasteiger charge is 2.22. The van der Waals surface area contributed by atoms with Gasteiger partial charge in [-0.3, -0.25) is 0 Å². The summed E-state index contributed by atoms with van der Waals surface area (Å²) < 4.78 is 6.79. The van der Waals surface area contributed by atoms with Crippen LogP contribution in [-0.2, 0) is 0 Å². The van der Waals surface area contributed by atoms with Crippen LogP contribution in [0.15, 0.2) is 22.7 Å². The molecule has 0 spiro atoms. The highest BCUT2D eigenvalue weighted by atomic mass is 79.9. The lowest BCUT2D eigenvalue weighted by molar-refractivity contribution is 0.166. The molecule has 0 aromatic heterocycles. The molecule has 0 aliphatic carbocycles. The van der Waals surface area contributed by atoms with E-state index in [1.54, 1.807) is 0 Å². The minimum absolute atomic E-state index is 0.0453. The van der Waals surface area contributed by atoms with E-state index in [0.717, 1.165) is 16.8 Å². The van der Waals surface area contributed by atoms with Gasteiger partial charge < -0.3 is 10.1 Å². The molecule has 2 nitrogen and oxygen atoms in total. The second-order valence-electron chi connectivity index (χ2n) is 6.63. The van der Waals surface area contributed by atoms with Crippen molar-refractivity contribution < 1.29 is 4.74 Å². The van der Waals surface area contributed by atoms with Crippen LogP contribution in [0, 0.1) is 5.41 Å². The molecule has 4 heteroatoms. The van der Waals surface area contributed by atoms with Crippen LogP contribution >= 0.6 is 27.5 Å². The standard InChI is InChI=1S/C15H23BrClNO/c1-14(2,3)18-9-15(4,5)10-19-13-7-6-11(16)8-12(13)17/h6-8,18H,9-10H2,1-5H3. The molecule has 0 radical (unpaired) electrons. The smallest absolute Gasteiger partial charge is 0.137 e. The van der Waals surface area contributed by atoms with Crippen molar-refractivity contribution in [1.82, 2.24) is 5.32 Å². The molecule has 0 heterocycles. The summed E-state index contributed by atoms with van der Waals surface area (Å²) in [6.07, 6.45) is 0. The van der Waals surface area contributed by atoms with Crippen LogP contribution in [0.1, 0.15) is 34.6 Å². The van der Waals surface area contributed by atoms with E-state index in [0.29, 0.717) is 11.6 Å². The fourth-order valence-electron chi connectivity index (χ4n) is 1.42. The summed E-state index contributed by atoms with van der Waals surface area (Å²) in [7, 11) is 0. The molecule has 0 atom stereocenters. The Bertz CT molecular complexity index is 427. The van der Waals surface area contributed by atoms with E-state index in [4.69, 9.17) is 16.3 Å². The monoisotopic (exact) mass is 347 g/mol. The largest absolute Gasteiger partial charge is 0.491 e. The van der Waals surface area contributed by atoms with Gasteiger partial charge in [0.25, 0.3) is 0 Å². The van der Waals surface area contributed by atoms with Gasteiger partial charge in [-0.25, -0.2) is 0 Å². The third-order valence-electron chi connectivity index (χ3n) is 2.61. The molecule has 0 unspecified atom stereocenters. The van der Waals surface area contributed by atoms with Crippen molar-refractivity contribution in [3.8, 4) is 5.75 Å². The molecule has 0 saturated heterocycles. The fraction of sp³-hybridized carbons (Fsp3) is 0.600. The number of benzene rings is 1. The number of nitrogens with one attached hydrogen (secondary N) is 1. The molecule has 0 fully saturated rings. The molecular formula is C15H23BrClNO. The van der Waals surface area contributed by atoms with Crippen LogP contribution in [0.25, 0.3) is 0 Å². The van der Waals surface area contributed by atoms with Crippen LogP contribution in [-0.4, -0.2) is 18.7 Å². The maximum Gasteiger partial charge on any atom is 0.137 e. The molecule has 1 aromatic carbocycles. The van der Waals surface area contributed by atoms with Crippen molar-refractivity contribution in [3.05, 3.63) is 27.7 Å². The zero-order valence-electron chi connectivity index (χ0n) is 12.3. The van der Waals surface area contributed by atoms with E-state index in [2.05, 4.69) is 55.9 Å². The summed E-state index contributed by atoms with van der Waals surface area (Å²) in [6, 6.07) is 5.67. The van der Waals surface area contributed by atoms with Crippen molar-refractivity contribution in [3.63, 3.8) is 0 Å². The molecule has 0 amide bonds. The minimum Gasteiger partial charge on any atom is -0.491 e. The van der Waals surface area contributed by atoms with Crippen LogP contribution in [0.3, 0.4) is 0 Å². The van der Waals surface area contributed by atoms with Gasteiger partial charge in [0.15, 0.2) is 0 Å². The summed E-state index contributed by atoms with van der Waals surface area (Å²) in [6.45, 7) is 12.4. The SMILES string of the molecule is CC(C)(CNC(C)(C)C)COc1ccc(Br)cc1Cl. The summed E-state index contributed by atoms with van der Waals surface area (Å²) in [4.78, 5) is 0. The van der Waals surface area contributed by atoms with E-state index in [1.165, 1.54) is 0 Å². The van der Waals surface area contributed by atoms with Crippen LogP contribution in [0.5, 0.6) is 5.75 Å². The number of hydrogen-bond donors (Lipinski definition) is 1. The van der Waals surface area contributed by atoms with Crippen molar-refractivity contribution in [2.45, 2.75) is 40.2 Å². The van der Waals surface area contributed by atoms with Gasteiger partial charge in [-0.2, -0.15) is 0 Å². The quantitative estimate of drug-likeness (QED) is 0.817. The molecule has 0 saturated carbocycles. The molecule has 1 rings (SSSR count). The second kappa shape index (κ2) is 6.47. The van der Waals surface area contributed by atoms with Crippen LogP contribution in [0.4, 0.5) is 0 Å². The minimum atomic E-state index is 0.0453. The van der Waals surface area contributed by atoms with Crippen molar-refractivity contribution >= 4 is 27.5 Å². The maximum absolute atomic E-state index is 6.14. The van der Waals surface area contributed by atoms with Gasteiger partial charge in [-0.05, 0) is 39.0 Å². The Kier molecular flexibility index (Phi) is 5.72. The lowest BCUT2D eigenvalue weighted by Gasteiger charge is -2.30. The number of hydrogen-bond acceptors (Lipinski definition) is 2. The first-order valence-corrected chi connectivity index (χ1v) is 7.59. The second-order valence-corrected chi connectivity index (χ2v) is 7.95. The van der Waals surface area contributed by atoms with Gasteiger partial charge >= 0.3 is 0 Å². The first-order valence-electron chi connectivity index (χ1n) is 6.42. The Morgan fingerprint density at radius 1 is 1.21 bits per heavy atom. The fourth-order valence-corrected chi connectivity index (χ4v) is 2.15. The molecular weight excluding hydrogens is 326 g/mol. The average Bonchev–Trinajstić information content (AvgIpc) is 2.25. The maximum atomic E-state index is 6.14. The Morgan fingerprint density at radius 2 is 1.84 bits per heavy atom. The molecule has 1 N–H and O–H groups in total. The third-order valence-corrected chi connectivity index (χ3v) is 3.40. The Hall–Kier alpha value is -0.250. The lowest BCUT2D eigenvalue weighted by atomic mass is 9.93. The Morgan fingerprint density at radius 3 is 2.37 bits per heavy atom. The first kappa shape index (κ1) is 16.8. The van der Waals surface area contributed by atoms with Gasteiger partial charge in [0.05, 0.1) is 11.6 Å². The zero-order valence-corrected chi connectivity index (χ0v) is 14.7. The van der Waals surface area contributed by atoms with Crippen molar-refractivity contribution in [2.75, 3.05) is 13.2 Å². The number of ether oxygens (including phenoxy) is 1. The van der Waals surface area contributed by atoms with Crippen LogP contribution in [0.2, 0.25) is 5.02 Å². The Balaban J connectivity index is 2.55. The van der Waals surface area contributed by atoms with Gasteiger partial charge in [0, 0.05) is 22.0 Å². The number of rotatable bonds is 5. The van der Waals surface area contributed by atoms with Crippen molar-refractivity contribution in [2.24, 2.45) is 5.41 Å². The van der Waals surface area contributed by atoms with E-state index in [1.807, 2.05) is 18.2 Å². The zero-order chi connectivity index (χ0) is 14.7. The first-order chi connectivity index (χ1) is 8.59. The summed E-state index contributed by atoms with van der Waals surface area (Å²) >= 11 is 9.52. The van der Waals surface area contributed by atoms with E-state index >= 15 is 0 Å². The summed E-state index contributed by atoms with van der Waals surface area (Å²) in [5, 5.41) is 4.13. The van der Waals surface area contributed by atoms with Crippen LogP contribution < -0.4 is 10.1 Å². The average molecular weight is 349 g/mol. The van der Waals surface area contributed by atoms with Gasteiger partial charge in [0.1, 0.15) is 5.75 Å².